The van der Waals surface area contributed by atoms with Gasteiger partial charge in [0.2, 0.25) is 14.5 Å². The molecule has 0 amide bonds. The third kappa shape index (κ3) is 5.37. The second-order valence-corrected chi connectivity index (χ2v) is 7.62. The minimum atomic E-state index is 0.100. The van der Waals surface area contributed by atoms with Crippen LogP contribution in [-0.4, -0.2) is 27.8 Å². The molecule has 2 heterocycles. The lowest BCUT2D eigenvalue weighted by Crippen LogP contribution is -2.22. The Balaban J connectivity index is 1.23. The van der Waals surface area contributed by atoms with Crippen molar-refractivity contribution < 1.29 is 14.0 Å². The minimum Gasteiger partial charge on any atom is -0.494 e. The first-order chi connectivity index (χ1) is 14.3. The van der Waals surface area contributed by atoms with Crippen LogP contribution >= 0.6 is 8.61 Å². The normalized spacial score (nSPS) is 13.8. The number of rotatable bonds is 8. The summed E-state index contributed by atoms with van der Waals surface area (Å²) in [5, 5.41) is 0. The molecule has 0 saturated carbocycles. The van der Waals surface area contributed by atoms with Crippen LogP contribution in [0.15, 0.2) is 61.1 Å². The smallest absolute Gasteiger partial charge is 0.249 e. The van der Waals surface area contributed by atoms with E-state index in [2.05, 4.69) is 34.2 Å². The van der Waals surface area contributed by atoms with Crippen LogP contribution in [-0.2, 0) is 24.0 Å². The van der Waals surface area contributed by atoms with Gasteiger partial charge in [-0.05, 0) is 60.2 Å². The Hall–Kier alpha value is -2.82. The highest BCUT2D eigenvalue weighted by atomic mass is 31.1. The van der Waals surface area contributed by atoms with E-state index in [1.807, 2.05) is 22.9 Å². The molecule has 1 aliphatic rings. The molecule has 1 aromatic heterocycles. The average molecular weight is 407 g/mol. The quantitative estimate of drug-likeness (QED) is 0.393. The third-order valence-corrected chi connectivity index (χ3v) is 5.42. The first-order valence-electron chi connectivity index (χ1n) is 9.66. The standard InChI is InChI=1S/C22H22N3O3P/c26-29-25-12-9-18-14-21(8-5-19(18)16-25)27-13-1-2-17-3-6-20(7-4-17)28-22-15-23-10-11-24-22/h3-8,10-11,14-15H,1-2,9,12-13,16H2. The summed E-state index contributed by atoms with van der Waals surface area (Å²) in [6.07, 6.45) is 7.59. The molecule has 0 N–H and O–H groups in total. The van der Waals surface area contributed by atoms with Gasteiger partial charge in [0, 0.05) is 25.5 Å². The molecule has 0 atom stereocenters. The molecule has 0 fully saturated rings. The fourth-order valence-corrected chi connectivity index (χ4v) is 3.72. The van der Waals surface area contributed by atoms with Crippen LogP contribution in [0, 0.1) is 0 Å². The van der Waals surface area contributed by atoms with Gasteiger partial charge in [0.05, 0.1) is 12.8 Å². The Labute approximate surface area is 171 Å². The van der Waals surface area contributed by atoms with Gasteiger partial charge in [-0.15, -0.1) is 0 Å². The molecule has 29 heavy (non-hydrogen) atoms. The van der Waals surface area contributed by atoms with Gasteiger partial charge in [0.15, 0.2) is 0 Å². The van der Waals surface area contributed by atoms with Gasteiger partial charge >= 0.3 is 0 Å². The molecule has 0 saturated heterocycles. The number of aromatic nitrogens is 2. The maximum atomic E-state index is 11.0. The molecular formula is C22H22N3O3P. The number of hydrogen-bond acceptors (Lipinski definition) is 5. The van der Waals surface area contributed by atoms with Gasteiger partial charge < -0.3 is 9.47 Å². The van der Waals surface area contributed by atoms with E-state index in [1.165, 1.54) is 16.7 Å². The van der Waals surface area contributed by atoms with E-state index in [0.29, 0.717) is 12.5 Å². The van der Waals surface area contributed by atoms with Crippen LogP contribution in [0.1, 0.15) is 23.1 Å². The van der Waals surface area contributed by atoms with E-state index < -0.39 is 0 Å². The molecule has 0 radical (unpaired) electrons. The summed E-state index contributed by atoms with van der Waals surface area (Å²) < 4.78 is 24.5. The van der Waals surface area contributed by atoms with Crippen molar-refractivity contribution in [3.63, 3.8) is 0 Å². The predicted octanol–water partition coefficient (Wildman–Crippen LogP) is 4.85. The molecular weight excluding hydrogens is 385 g/mol. The lowest BCUT2D eigenvalue weighted by molar-refractivity contribution is 0.310. The Kier molecular flexibility index (Phi) is 6.45. The van der Waals surface area contributed by atoms with E-state index in [4.69, 9.17) is 9.47 Å². The molecule has 0 bridgehead atoms. The SMILES string of the molecule is O=PN1CCc2cc(OCCCc3ccc(Oc4cnccn4)cc3)ccc2C1. The molecule has 2 aromatic carbocycles. The van der Waals surface area contributed by atoms with Gasteiger partial charge in [-0.1, -0.05) is 18.2 Å². The van der Waals surface area contributed by atoms with Crippen molar-refractivity contribution in [2.45, 2.75) is 25.8 Å². The van der Waals surface area contributed by atoms with Crippen molar-refractivity contribution in [2.24, 2.45) is 0 Å². The molecule has 1 aliphatic heterocycles. The Morgan fingerprint density at radius 3 is 2.69 bits per heavy atom. The Morgan fingerprint density at radius 1 is 1.03 bits per heavy atom. The van der Waals surface area contributed by atoms with Gasteiger partial charge in [0.1, 0.15) is 11.5 Å². The summed E-state index contributed by atoms with van der Waals surface area (Å²) in [7, 11) is 0.100. The molecule has 0 aliphatic carbocycles. The van der Waals surface area contributed by atoms with Crippen molar-refractivity contribution >= 4 is 8.61 Å². The fraction of sp³-hybridized carbons (Fsp3) is 0.273. The number of fused-ring (bicyclic) bond motifs is 1. The summed E-state index contributed by atoms with van der Waals surface area (Å²) in [6, 6.07) is 14.2. The van der Waals surface area contributed by atoms with Crippen LogP contribution in [0.4, 0.5) is 0 Å². The second-order valence-electron chi connectivity index (χ2n) is 6.89. The molecule has 4 rings (SSSR count). The second kappa shape index (κ2) is 9.59. The van der Waals surface area contributed by atoms with Crippen molar-refractivity contribution in [1.82, 2.24) is 14.6 Å². The summed E-state index contributed by atoms with van der Waals surface area (Å²) in [6.45, 7) is 2.22. The highest BCUT2D eigenvalue weighted by Crippen LogP contribution is 2.26. The first-order valence-corrected chi connectivity index (χ1v) is 10.4. The molecule has 7 heteroatoms. The molecule has 6 nitrogen and oxygen atoms in total. The van der Waals surface area contributed by atoms with Crippen LogP contribution in [0.25, 0.3) is 0 Å². The lowest BCUT2D eigenvalue weighted by Gasteiger charge is -2.23. The van der Waals surface area contributed by atoms with Gasteiger partial charge in [-0.25, -0.2) is 9.65 Å². The topological polar surface area (TPSA) is 64.6 Å². The number of ether oxygens (including phenoxy) is 2. The highest BCUT2D eigenvalue weighted by Gasteiger charge is 2.16. The van der Waals surface area contributed by atoms with E-state index >= 15 is 0 Å². The average Bonchev–Trinajstić information content (AvgIpc) is 2.78. The Bertz CT molecular complexity index is 951. The number of benzene rings is 2. The maximum absolute atomic E-state index is 11.0. The Morgan fingerprint density at radius 2 is 1.90 bits per heavy atom. The van der Waals surface area contributed by atoms with Crippen LogP contribution in [0.3, 0.4) is 0 Å². The van der Waals surface area contributed by atoms with Crippen molar-refractivity contribution in [1.29, 1.82) is 0 Å². The van der Waals surface area contributed by atoms with E-state index in [9.17, 15) is 4.57 Å². The third-order valence-electron chi connectivity index (χ3n) is 4.85. The van der Waals surface area contributed by atoms with E-state index in [1.54, 1.807) is 18.6 Å². The van der Waals surface area contributed by atoms with Gasteiger partial charge in [0.25, 0.3) is 0 Å². The molecule has 3 aromatic rings. The van der Waals surface area contributed by atoms with Crippen molar-refractivity contribution in [3.05, 3.63) is 77.7 Å². The van der Waals surface area contributed by atoms with Crippen LogP contribution in [0.2, 0.25) is 0 Å². The maximum Gasteiger partial charge on any atom is 0.249 e. The number of nitrogens with zero attached hydrogens (tertiary/aromatic N) is 3. The van der Waals surface area contributed by atoms with Crippen molar-refractivity contribution in [2.75, 3.05) is 13.2 Å². The number of aryl methyl sites for hydroxylation is 1. The zero-order chi connectivity index (χ0) is 19.9. The molecule has 0 spiro atoms. The first kappa shape index (κ1) is 19.5. The summed E-state index contributed by atoms with van der Waals surface area (Å²) >= 11 is 0. The monoisotopic (exact) mass is 407 g/mol. The largest absolute Gasteiger partial charge is 0.494 e. The zero-order valence-corrected chi connectivity index (χ0v) is 16.9. The molecule has 0 unspecified atom stereocenters. The highest BCUT2D eigenvalue weighted by molar-refractivity contribution is 7.20. The van der Waals surface area contributed by atoms with E-state index in [-0.39, 0.29) is 8.61 Å². The van der Waals surface area contributed by atoms with Gasteiger partial charge in [-0.2, -0.15) is 0 Å². The fourth-order valence-electron chi connectivity index (χ4n) is 3.32. The zero-order valence-electron chi connectivity index (χ0n) is 16.0. The van der Waals surface area contributed by atoms with Crippen LogP contribution in [0.5, 0.6) is 17.4 Å². The summed E-state index contributed by atoms with van der Waals surface area (Å²) in [4.78, 5) is 8.09. The minimum absolute atomic E-state index is 0.100. The summed E-state index contributed by atoms with van der Waals surface area (Å²) in [5.74, 6) is 2.14. The van der Waals surface area contributed by atoms with Gasteiger partial charge in [-0.3, -0.25) is 9.55 Å². The van der Waals surface area contributed by atoms with Crippen molar-refractivity contribution in [3.8, 4) is 17.4 Å². The van der Waals surface area contributed by atoms with Crippen LogP contribution < -0.4 is 9.47 Å². The predicted molar refractivity (Wildman–Crippen MR) is 111 cm³/mol. The lowest BCUT2D eigenvalue weighted by atomic mass is 10.0. The van der Waals surface area contributed by atoms with E-state index in [0.717, 1.165) is 43.9 Å². The summed E-state index contributed by atoms with van der Waals surface area (Å²) in [5.41, 5.74) is 3.76. The molecule has 148 valence electrons. The number of hydrogen-bond donors (Lipinski definition) is 0.